The van der Waals surface area contributed by atoms with Crippen molar-refractivity contribution >= 4 is 33.9 Å². The molecular weight excluding hydrogens is 366 g/mol. The first-order chi connectivity index (χ1) is 13.1. The molecule has 1 aromatic carbocycles. The molecule has 1 fully saturated rings. The number of aromatic nitrogens is 2. The van der Waals surface area contributed by atoms with E-state index in [9.17, 15) is 0 Å². The van der Waals surface area contributed by atoms with Crippen LogP contribution in [0.15, 0.2) is 42.7 Å². The highest BCUT2D eigenvalue weighted by Crippen LogP contribution is 2.32. The maximum Gasteiger partial charge on any atom is 0.171 e. The van der Waals surface area contributed by atoms with Crippen LogP contribution in [0.1, 0.15) is 6.92 Å². The second-order valence-electron chi connectivity index (χ2n) is 6.98. The Morgan fingerprint density at radius 2 is 2.07 bits per heavy atom. The molecule has 140 valence electrons. The van der Waals surface area contributed by atoms with Crippen LogP contribution in [0.2, 0.25) is 5.15 Å². The summed E-state index contributed by atoms with van der Waals surface area (Å²) in [5.41, 5.74) is 0.857. The minimum Gasteiger partial charge on any atom is -0.493 e. The van der Waals surface area contributed by atoms with Gasteiger partial charge in [-0.05, 0) is 29.7 Å². The van der Waals surface area contributed by atoms with Crippen molar-refractivity contribution < 1.29 is 14.2 Å². The van der Waals surface area contributed by atoms with Crippen LogP contribution >= 0.6 is 11.6 Å². The Labute approximate surface area is 162 Å². The third-order valence-corrected chi connectivity index (χ3v) is 4.80. The molecule has 4 rings (SSSR count). The van der Waals surface area contributed by atoms with Crippen molar-refractivity contribution in [2.24, 2.45) is 5.41 Å². The van der Waals surface area contributed by atoms with Crippen LogP contribution in [-0.2, 0) is 4.74 Å². The predicted octanol–water partition coefficient (Wildman–Crippen LogP) is 4.45. The topological polar surface area (TPSA) is 65.5 Å². The van der Waals surface area contributed by atoms with E-state index < -0.39 is 0 Å². The lowest BCUT2D eigenvalue weighted by molar-refractivity contribution is -0.120. The van der Waals surface area contributed by atoms with Crippen molar-refractivity contribution in [2.75, 3.05) is 32.2 Å². The second kappa shape index (κ2) is 7.21. The van der Waals surface area contributed by atoms with E-state index in [-0.39, 0.29) is 5.41 Å². The molecule has 1 aliphatic rings. The van der Waals surface area contributed by atoms with Gasteiger partial charge in [-0.25, -0.2) is 9.97 Å². The van der Waals surface area contributed by atoms with Gasteiger partial charge in [-0.1, -0.05) is 18.5 Å². The van der Waals surface area contributed by atoms with Crippen molar-refractivity contribution in [3.05, 3.63) is 47.9 Å². The average Bonchev–Trinajstić information content (AvgIpc) is 2.66. The fourth-order valence-corrected chi connectivity index (χ4v) is 3.09. The number of pyridine rings is 2. The fraction of sp³-hybridized carbons (Fsp3) is 0.300. The number of nitrogens with zero attached hydrogens (tertiary/aromatic N) is 2. The Hall–Kier alpha value is -2.57. The number of nitrogens with one attached hydrogen (secondary N) is 1. The van der Waals surface area contributed by atoms with Crippen LogP contribution in [0.25, 0.3) is 10.8 Å². The van der Waals surface area contributed by atoms with Gasteiger partial charge in [0, 0.05) is 23.1 Å². The summed E-state index contributed by atoms with van der Waals surface area (Å²) in [6.07, 6.45) is 3.40. The number of hydrogen-bond donors (Lipinski definition) is 1. The molecule has 27 heavy (non-hydrogen) atoms. The van der Waals surface area contributed by atoms with E-state index >= 15 is 0 Å². The summed E-state index contributed by atoms with van der Waals surface area (Å²) in [5, 5.41) is 5.61. The molecule has 3 heterocycles. The summed E-state index contributed by atoms with van der Waals surface area (Å²) < 4.78 is 16.4. The van der Waals surface area contributed by atoms with Crippen LogP contribution < -0.4 is 14.8 Å². The van der Waals surface area contributed by atoms with Crippen molar-refractivity contribution in [3.8, 4) is 11.5 Å². The summed E-state index contributed by atoms with van der Waals surface area (Å²) in [6, 6.07) is 9.72. The highest BCUT2D eigenvalue weighted by atomic mass is 35.5. The molecule has 0 amide bonds. The Bertz CT molecular complexity index is 976. The van der Waals surface area contributed by atoms with Gasteiger partial charge in [0.15, 0.2) is 10.9 Å². The van der Waals surface area contributed by atoms with Crippen LogP contribution in [-0.4, -0.2) is 36.9 Å². The predicted molar refractivity (Wildman–Crippen MR) is 105 cm³/mol. The zero-order valence-electron chi connectivity index (χ0n) is 15.2. The molecule has 7 heteroatoms. The fourth-order valence-electron chi connectivity index (χ4n) is 2.91. The van der Waals surface area contributed by atoms with E-state index in [0.717, 1.165) is 41.2 Å². The molecule has 3 aromatic rings. The SMILES string of the molecule is COc1cc(Nc2nccc3cc(OCC4(C)COC4)ccc23)cnc1Cl. The van der Waals surface area contributed by atoms with E-state index in [2.05, 4.69) is 22.2 Å². The van der Waals surface area contributed by atoms with Gasteiger partial charge in [-0.2, -0.15) is 0 Å². The number of halogens is 1. The smallest absolute Gasteiger partial charge is 0.171 e. The lowest BCUT2D eigenvalue weighted by Gasteiger charge is -2.37. The van der Waals surface area contributed by atoms with Crippen LogP contribution in [0.4, 0.5) is 11.5 Å². The Morgan fingerprint density at radius 1 is 1.22 bits per heavy atom. The zero-order valence-corrected chi connectivity index (χ0v) is 15.9. The quantitative estimate of drug-likeness (QED) is 0.632. The number of ether oxygens (including phenoxy) is 3. The van der Waals surface area contributed by atoms with E-state index in [1.807, 2.05) is 24.3 Å². The number of hydrogen-bond acceptors (Lipinski definition) is 6. The second-order valence-corrected chi connectivity index (χ2v) is 7.33. The number of benzene rings is 1. The molecular formula is C20H20ClN3O3. The highest BCUT2D eigenvalue weighted by molar-refractivity contribution is 6.30. The Balaban J connectivity index is 1.56. The molecule has 6 nitrogen and oxygen atoms in total. The van der Waals surface area contributed by atoms with E-state index in [1.54, 1.807) is 25.6 Å². The van der Waals surface area contributed by atoms with E-state index in [4.69, 9.17) is 25.8 Å². The normalized spacial score (nSPS) is 15.2. The van der Waals surface area contributed by atoms with Crippen LogP contribution in [0.3, 0.4) is 0 Å². The molecule has 0 aliphatic carbocycles. The summed E-state index contributed by atoms with van der Waals surface area (Å²) in [5.74, 6) is 2.07. The lowest BCUT2D eigenvalue weighted by Crippen LogP contribution is -2.44. The van der Waals surface area contributed by atoms with Gasteiger partial charge in [-0.15, -0.1) is 0 Å². The minimum atomic E-state index is 0.112. The molecule has 0 saturated carbocycles. The van der Waals surface area contributed by atoms with Crippen molar-refractivity contribution in [3.63, 3.8) is 0 Å². The molecule has 0 radical (unpaired) electrons. The monoisotopic (exact) mass is 385 g/mol. The van der Waals surface area contributed by atoms with E-state index in [0.29, 0.717) is 17.5 Å². The van der Waals surface area contributed by atoms with Gasteiger partial charge < -0.3 is 19.5 Å². The zero-order chi connectivity index (χ0) is 18.9. The minimum absolute atomic E-state index is 0.112. The molecule has 1 aliphatic heterocycles. The summed E-state index contributed by atoms with van der Waals surface area (Å²) >= 11 is 5.99. The van der Waals surface area contributed by atoms with Crippen molar-refractivity contribution in [2.45, 2.75) is 6.92 Å². The van der Waals surface area contributed by atoms with Gasteiger partial charge in [-0.3, -0.25) is 0 Å². The van der Waals surface area contributed by atoms with Crippen LogP contribution in [0, 0.1) is 5.41 Å². The average molecular weight is 386 g/mol. The molecule has 1 N–H and O–H groups in total. The molecule has 0 unspecified atom stereocenters. The number of rotatable bonds is 6. The van der Waals surface area contributed by atoms with E-state index in [1.165, 1.54) is 0 Å². The maximum atomic E-state index is 5.99. The number of anilines is 2. The highest BCUT2D eigenvalue weighted by Gasteiger charge is 2.34. The van der Waals surface area contributed by atoms with Crippen molar-refractivity contribution in [1.29, 1.82) is 0 Å². The number of methoxy groups -OCH3 is 1. The third kappa shape index (κ3) is 3.77. The molecule has 0 spiro atoms. The molecule has 0 atom stereocenters. The first-order valence-electron chi connectivity index (χ1n) is 8.62. The summed E-state index contributed by atoms with van der Waals surface area (Å²) in [4.78, 5) is 8.57. The number of fused-ring (bicyclic) bond motifs is 1. The molecule has 1 saturated heterocycles. The first kappa shape index (κ1) is 17.8. The Morgan fingerprint density at radius 3 is 2.81 bits per heavy atom. The van der Waals surface area contributed by atoms with Gasteiger partial charge >= 0.3 is 0 Å². The third-order valence-electron chi connectivity index (χ3n) is 4.51. The lowest BCUT2D eigenvalue weighted by atomic mass is 9.90. The van der Waals surface area contributed by atoms with Crippen LogP contribution in [0.5, 0.6) is 11.5 Å². The first-order valence-corrected chi connectivity index (χ1v) is 9.00. The van der Waals surface area contributed by atoms with Gasteiger partial charge in [0.2, 0.25) is 0 Å². The van der Waals surface area contributed by atoms with Crippen molar-refractivity contribution in [1.82, 2.24) is 9.97 Å². The molecule has 2 aromatic heterocycles. The van der Waals surface area contributed by atoms with Gasteiger partial charge in [0.1, 0.15) is 11.6 Å². The Kier molecular flexibility index (Phi) is 4.76. The maximum absolute atomic E-state index is 5.99. The standard InChI is InChI=1S/C20H20ClN3O3/c1-20(10-26-11-20)12-27-15-3-4-16-13(7-15)5-6-22-19(16)24-14-8-17(25-2)18(21)23-9-14/h3-9H,10-12H2,1-2H3,(H,22,24). The van der Waals surface area contributed by atoms with Gasteiger partial charge in [0.25, 0.3) is 0 Å². The summed E-state index contributed by atoms with van der Waals surface area (Å²) in [7, 11) is 1.56. The summed E-state index contributed by atoms with van der Waals surface area (Å²) in [6.45, 7) is 4.30. The largest absolute Gasteiger partial charge is 0.493 e. The molecule has 0 bridgehead atoms. The van der Waals surface area contributed by atoms with Gasteiger partial charge in [0.05, 0.1) is 38.8 Å².